The van der Waals surface area contributed by atoms with Gasteiger partial charge in [-0.1, -0.05) is 131 Å². The van der Waals surface area contributed by atoms with Gasteiger partial charge in [0.2, 0.25) is 23.6 Å². The van der Waals surface area contributed by atoms with Crippen LogP contribution in [0, 0.1) is 26.2 Å². The third kappa shape index (κ3) is 16.3. The highest BCUT2D eigenvalue weighted by Gasteiger charge is 2.44. The number of halogens is 1. The monoisotopic (exact) mass is 1100 g/mol. The predicted molar refractivity (Wildman–Crippen MR) is 302 cm³/mol. The molecule has 20 heteroatoms. The first kappa shape index (κ1) is 57.7. The first-order chi connectivity index (χ1) is 36.4. The van der Waals surface area contributed by atoms with Crippen molar-refractivity contribution in [3.8, 4) is 10.4 Å². The van der Waals surface area contributed by atoms with E-state index in [9.17, 15) is 29.1 Å². The zero-order chi connectivity index (χ0) is 54.4. The highest BCUT2D eigenvalue weighted by Crippen LogP contribution is 2.31. The third-order valence-electron chi connectivity index (χ3n) is 14.0. The Kier molecular flexibility index (Phi) is 20.7. The number of aliphatic hydroxyl groups excluding tert-OH is 1. The molecule has 76 heavy (non-hydrogen) atoms. The largest absolute Gasteiger partial charge is 0.391 e. The van der Waals surface area contributed by atoms with Gasteiger partial charge in [-0.25, -0.2) is 19.9 Å². The molecule has 1 unspecified atom stereocenters. The fourth-order valence-electron chi connectivity index (χ4n) is 9.62. The van der Waals surface area contributed by atoms with Crippen molar-refractivity contribution in [3.63, 3.8) is 0 Å². The van der Waals surface area contributed by atoms with Crippen molar-refractivity contribution in [1.29, 1.82) is 0 Å². The van der Waals surface area contributed by atoms with Crippen LogP contribution < -0.4 is 26.2 Å². The summed E-state index contributed by atoms with van der Waals surface area (Å²) in [6, 6.07) is 13.6. The molecule has 408 valence electrons. The number of aliphatic hydroxyl groups is 1. The van der Waals surface area contributed by atoms with Crippen molar-refractivity contribution in [1.82, 2.24) is 40.4 Å². The quantitative estimate of drug-likeness (QED) is 0.0365. The standard InChI is InChI=1S/C56H74ClN11O6S2/c1-36-18-17-19-42(57)49(36)65-53(73)44-33-59-55(76-44)63-45-31-46(62-38(3)61-45)66-26-28-67(29-27-66)48(71)21-16-14-12-10-8-7-9-11-13-15-20-47(70)64-51(56(4,5)6)54(74)68-34-41(69)30-43(68)52(72)58-32-39-22-24-40(25-23-39)50-37(2)60-35-75-50/h17-19,22-25,31,33,35,41,43,51,69H,7-16,20-21,26-30,32,34H2,1-6H3,(H,58,72)(H,64,70)(H,65,73)(H,59,61,62,63)/t41-,43+,51?/m1/s1. The summed E-state index contributed by atoms with van der Waals surface area (Å²) in [4.78, 5) is 91.8. The smallest absolute Gasteiger partial charge is 0.267 e. The number of nitrogens with one attached hydrogen (secondary N) is 4. The van der Waals surface area contributed by atoms with Gasteiger partial charge in [-0.15, -0.1) is 11.3 Å². The van der Waals surface area contributed by atoms with Gasteiger partial charge in [0.25, 0.3) is 5.91 Å². The van der Waals surface area contributed by atoms with E-state index in [0.717, 1.165) is 97.3 Å². The van der Waals surface area contributed by atoms with Crippen LogP contribution in [0.2, 0.25) is 5.02 Å². The minimum atomic E-state index is -0.848. The van der Waals surface area contributed by atoms with Gasteiger partial charge < -0.3 is 41.1 Å². The maximum atomic E-state index is 14.0. The number of nitrogens with zero attached hydrogens (tertiary/aromatic N) is 7. The number of aromatic nitrogens is 4. The number of benzene rings is 2. The zero-order valence-corrected chi connectivity index (χ0v) is 47.1. The first-order valence-electron chi connectivity index (χ1n) is 26.7. The number of piperazine rings is 1. The van der Waals surface area contributed by atoms with Crippen molar-refractivity contribution in [2.45, 2.75) is 150 Å². The molecule has 0 bridgehead atoms. The molecule has 5 aromatic rings. The molecule has 3 aromatic heterocycles. The van der Waals surface area contributed by atoms with Gasteiger partial charge in [-0.3, -0.25) is 24.0 Å². The number of anilines is 4. The van der Waals surface area contributed by atoms with Crippen LogP contribution in [0.25, 0.3) is 10.4 Å². The Labute approximate surface area is 460 Å². The molecule has 0 spiro atoms. The number of unbranched alkanes of at least 4 members (excludes halogenated alkanes) is 9. The summed E-state index contributed by atoms with van der Waals surface area (Å²) in [5, 5.41) is 23.6. The number of hydrogen-bond donors (Lipinski definition) is 5. The molecule has 5 N–H and O–H groups in total. The second kappa shape index (κ2) is 27.3. The number of rotatable bonds is 24. The minimum Gasteiger partial charge on any atom is -0.391 e. The molecule has 17 nitrogen and oxygen atoms in total. The van der Waals surface area contributed by atoms with E-state index >= 15 is 0 Å². The molecular formula is C56H74ClN11O6S2. The lowest BCUT2D eigenvalue weighted by atomic mass is 9.85. The Balaban J connectivity index is 0.724. The highest BCUT2D eigenvalue weighted by atomic mass is 35.5. The number of carbonyl (C=O) groups excluding carboxylic acids is 5. The zero-order valence-electron chi connectivity index (χ0n) is 44.8. The van der Waals surface area contributed by atoms with Crippen LogP contribution in [0.1, 0.15) is 137 Å². The summed E-state index contributed by atoms with van der Waals surface area (Å²) in [7, 11) is 0. The minimum absolute atomic E-state index is 0.0334. The topological polar surface area (TPSA) is 215 Å². The van der Waals surface area contributed by atoms with Crippen LogP contribution in [0.4, 0.5) is 22.5 Å². The van der Waals surface area contributed by atoms with Crippen LogP contribution >= 0.6 is 34.3 Å². The molecule has 2 saturated heterocycles. The Bertz CT molecular complexity index is 2750. The number of β-amino-alcohol motifs (C(OH)–C–C–N with tert-alkyl or cyclic N) is 1. The molecule has 7 rings (SSSR count). The van der Waals surface area contributed by atoms with Gasteiger partial charge in [-0.05, 0) is 61.8 Å². The first-order valence-corrected chi connectivity index (χ1v) is 28.7. The summed E-state index contributed by atoms with van der Waals surface area (Å²) in [5.74, 6) is 0.957. The molecule has 5 heterocycles. The molecule has 2 aliphatic heterocycles. The van der Waals surface area contributed by atoms with Gasteiger partial charge in [-0.2, -0.15) is 0 Å². The number of thiazole rings is 2. The van der Waals surface area contributed by atoms with Crippen molar-refractivity contribution >= 4 is 86.3 Å². The van der Waals surface area contributed by atoms with E-state index in [1.807, 2.05) is 94.4 Å². The molecule has 2 fully saturated rings. The van der Waals surface area contributed by atoms with Crippen LogP contribution in [0.3, 0.4) is 0 Å². The highest BCUT2D eigenvalue weighted by molar-refractivity contribution is 7.17. The Morgan fingerprint density at radius 1 is 0.842 bits per heavy atom. The normalized spacial score (nSPS) is 16.1. The Hall–Kier alpha value is -6.02. The van der Waals surface area contributed by atoms with Crippen LogP contribution in [0.5, 0.6) is 0 Å². The van der Waals surface area contributed by atoms with Crippen LogP contribution in [-0.4, -0.2) is 115 Å². The lowest BCUT2D eigenvalue weighted by Crippen LogP contribution is -2.57. The Morgan fingerprint density at radius 3 is 2.16 bits per heavy atom. The molecule has 0 radical (unpaired) electrons. The second-order valence-electron chi connectivity index (χ2n) is 21.0. The van der Waals surface area contributed by atoms with E-state index in [1.54, 1.807) is 17.4 Å². The summed E-state index contributed by atoms with van der Waals surface area (Å²) < 4.78 is 0. The molecule has 2 aromatic carbocycles. The summed E-state index contributed by atoms with van der Waals surface area (Å²) in [6.45, 7) is 14.3. The van der Waals surface area contributed by atoms with E-state index in [0.29, 0.717) is 71.4 Å². The van der Waals surface area contributed by atoms with E-state index in [4.69, 9.17) is 11.6 Å². The van der Waals surface area contributed by atoms with Gasteiger partial charge in [0.05, 0.1) is 39.1 Å². The number of para-hydroxylation sites is 1. The van der Waals surface area contributed by atoms with E-state index in [2.05, 4.69) is 46.1 Å². The van der Waals surface area contributed by atoms with Crippen molar-refractivity contribution in [2.75, 3.05) is 48.3 Å². The van der Waals surface area contributed by atoms with E-state index in [1.165, 1.54) is 22.4 Å². The maximum Gasteiger partial charge on any atom is 0.267 e. The van der Waals surface area contributed by atoms with Gasteiger partial charge in [0.1, 0.15) is 34.4 Å². The second-order valence-corrected chi connectivity index (χ2v) is 23.3. The number of amides is 5. The fraction of sp³-hybridized carbons (Fsp3) is 0.518. The molecule has 5 amide bonds. The lowest BCUT2D eigenvalue weighted by Gasteiger charge is -2.35. The Morgan fingerprint density at radius 2 is 1.51 bits per heavy atom. The van der Waals surface area contributed by atoms with Crippen molar-refractivity contribution < 1.29 is 29.1 Å². The van der Waals surface area contributed by atoms with Gasteiger partial charge in [0, 0.05) is 64.6 Å². The summed E-state index contributed by atoms with van der Waals surface area (Å²) in [6.07, 6.45) is 11.9. The summed E-state index contributed by atoms with van der Waals surface area (Å²) >= 11 is 9.10. The van der Waals surface area contributed by atoms with Gasteiger partial charge in [0.15, 0.2) is 5.13 Å². The maximum absolute atomic E-state index is 14.0. The van der Waals surface area contributed by atoms with Crippen molar-refractivity contribution in [3.05, 3.63) is 92.8 Å². The third-order valence-corrected chi connectivity index (χ3v) is 16.2. The van der Waals surface area contributed by atoms with E-state index in [-0.39, 0.29) is 49.0 Å². The molecule has 2 aliphatic rings. The summed E-state index contributed by atoms with van der Waals surface area (Å²) in [5.41, 5.74) is 5.60. The number of likely N-dealkylation sites (tertiary alicyclic amines) is 1. The average molecular weight is 1100 g/mol. The fourth-order valence-corrected chi connectivity index (χ4v) is 11.4. The van der Waals surface area contributed by atoms with Crippen LogP contribution in [-0.2, 0) is 25.7 Å². The lowest BCUT2D eigenvalue weighted by molar-refractivity contribution is -0.144. The number of aryl methyl sites for hydroxylation is 3. The van der Waals surface area contributed by atoms with E-state index < -0.39 is 23.6 Å². The van der Waals surface area contributed by atoms with Gasteiger partial charge >= 0.3 is 0 Å². The van der Waals surface area contributed by atoms with Crippen molar-refractivity contribution in [2.24, 2.45) is 5.41 Å². The molecule has 0 aliphatic carbocycles. The molecule has 0 saturated carbocycles. The average Bonchev–Trinajstić information content (AvgIpc) is 4.16. The number of carbonyl (C=O) groups is 5. The molecule has 3 atom stereocenters. The van der Waals surface area contributed by atoms with Crippen LogP contribution in [0.15, 0.2) is 60.2 Å². The SMILES string of the molecule is Cc1nc(Nc2ncc(C(=O)Nc3c(C)cccc3Cl)s2)cc(N2CCN(C(=O)CCCCCCCCCCCCC(=O)NC(C(=O)N3C[C@H](O)C[C@H]3C(=O)NCc3ccc(-c4scnc4C)cc3)C(C)(C)C)CC2)n1. The molecular weight excluding hydrogens is 1020 g/mol. The number of hydrogen-bond acceptors (Lipinski definition) is 14. The predicted octanol–water partition coefficient (Wildman–Crippen LogP) is 9.77.